The molecule has 16 heavy (non-hydrogen) atoms. The van der Waals surface area contributed by atoms with Crippen LogP contribution in [-0.2, 0) is 4.79 Å². The zero-order valence-electron chi connectivity index (χ0n) is 9.66. The molecular weight excluding hydrogens is 202 g/mol. The zero-order chi connectivity index (χ0) is 11.8. The summed E-state index contributed by atoms with van der Waals surface area (Å²) in [6, 6.07) is 3.72. The van der Waals surface area contributed by atoms with Crippen LogP contribution in [0.5, 0.6) is 0 Å². The van der Waals surface area contributed by atoms with Gasteiger partial charge < -0.3 is 10.6 Å². The number of hydrogen-bond donors (Lipinski definition) is 2. The van der Waals surface area contributed by atoms with E-state index in [0.29, 0.717) is 0 Å². The fraction of sp³-hybridized carbons (Fsp3) is 0.333. The second kappa shape index (κ2) is 6.74. The third-order valence-corrected chi connectivity index (χ3v) is 1.96. The van der Waals surface area contributed by atoms with Gasteiger partial charge in [-0.25, -0.2) is 0 Å². The predicted octanol–water partition coefficient (Wildman–Crippen LogP) is 1.66. The highest BCUT2D eigenvalue weighted by molar-refractivity contribution is 5.88. The lowest BCUT2D eigenvalue weighted by atomic mass is 10.3. The molecule has 1 aromatic rings. The SMILES string of the molecule is CNCCC=Cc1ccc(NC(C)=O)cn1. The van der Waals surface area contributed by atoms with Crippen molar-refractivity contribution in [2.45, 2.75) is 13.3 Å². The number of amides is 1. The molecule has 4 heteroatoms. The maximum absolute atomic E-state index is 10.8. The van der Waals surface area contributed by atoms with Crippen molar-refractivity contribution >= 4 is 17.7 Å². The lowest BCUT2D eigenvalue weighted by Crippen LogP contribution is -2.06. The lowest BCUT2D eigenvalue weighted by molar-refractivity contribution is -0.114. The summed E-state index contributed by atoms with van der Waals surface area (Å²) in [5, 5.41) is 5.74. The van der Waals surface area contributed by atoms with Crippen molar-refractivity contribution in [1.29, 1.82) is 0 Å². The van der Waals surface area contributed by atoms with Crippen molar-refractivity contribution in [3.8, 4) is 0 Å². The van der Waals surface area contributed by atoms with Crippen molar-refractivity contribution < 1.29 is 4.79 Å². The van der Waals surface area contributed by atoms with Gasteiger partial charge in [-0.15, -0.1) is 0 Å². The topological polar surface area (TPSA) is 54.0 Å². The van der Waals surface area contributed by atoms with Crippen molar-refractivity contribution in [1.82, 2.24) is 10.3 Å². The Morgan fingerprint density at radius 2 is 2.31 bits per heavy atom. The lowest BCUT2D eigenvalue weighted by Gasteiger charge is -2.00. The highest BCUT2D eigenvalue weighted by Gasteiger charge is 1.94. The van der Waals surface area contributed by atoms with E-state index in [9.17, 15) is 4.79 Å². The third kappa shape index (κ3) is 4.70. The number of rotatable bonds is 5. The maximum Gasteiger partial charge on any atom is 0.221 e. The zero-order valence-corrected chi connectivity index (χ0v) is 9.66. The van der Waals surface area contributed by atoms with Crippen molar-refractivity contribution in [3.63, 3.8) is 0 Å². The van der Waals surface area contributed by atoms with Crippen LogP contribution in [0.3, 0.4) is 0 Å². The second-order valence-electron chi connectivity index (χ2n) is 3.45. The molecule has 0 saturated heterocycles. The number of pyridine rings is 1. The van der Waals surface area contributed by atoms with Crippen molar-refractivity contribution in [3.05, 3.63) is 30.1 Å². The van der Waals surface area contributed by atoms with Crippen LogP contribution in [-0.4, -0.2) is 24.5 Å². The molecule has 0 bridgehead atoms. The van der Waals surface area contributed by atoms with Crippen molar-refractivity contribution in [2.75, 3.05) is 18.9 Å². The summed E-state index contributed by atoms with van der Waals surface area (Å²) in [6.07, 6.45) is 6.66. The number of nitrogens with one attached hydrogen (secondary N) is 2. The molecule has 86 valence electrons. The van der Waals surface area contributed by atoms with E-state index in [2.05, 4.69) is 21.7 Å². The van der Waals surface area contributed by atoms with Gasteiger partial charge in [-0.05, 0) is 38.2 Å². The smallest absolute Gasteiger partial charge is 0.221 e. The number of nitrogens with zero attached hydrogens (tertiary/aromatic N) is 1. The summed E-state index contributed by atoms with van der Waals surface area (Å²) in [7, 11) is 1.92. The number of aromatic nitrogens is 1. The van der Waals surface area contributed by atoms with Gasteiger partial charge in [0.25, 0.3) is 0 Å². The molecule has 0 saturated carbocycles. The Hall–Kier alpha value is -1.68. The molecule has 1 rings (SSSR count). The standard InChI is InChI=1S/C12H17N3O/c1-10(16)15-12-7-6-11(14-9-12)5-3-4-8-13-2/h3,5-7,9,13H,4,8H2,1-2H3,(H,15,16). The van der Waals surface area contributed by atoms with Gasteiger partial charge in [-0.2, -0.15) is 0 Å². The molecule has 0 aliphatic heterocycles. The molecule has 1 aromatic heterocycles. The summed E-state index contributed by atoms with van der Waals surface area (Å²) < 4.78 is 0. The van der Waals surface area contributed by atoms with Gasteiger partial charge >= 0.3 is 0 Å². The predicted molar refractivity (Wildman–Crippen MR) is 66.1 cm³/mol. The average molecular weight is 219 g/mol. The van der Waals surface area contributed by atoms with Gasteiger partial charge in [-0.1, -0.05) is 6.08 Å². The van der Waals surface area contributed by atoms with Crippen LogP contribution in [0.25, 0.3) is 6.08 Å². The Bertz CT molecular complexity index is 357. The number of carbonyl (C=O) groups is 1. The van der Waals surface area contributed by atoms with Crippen molar-refractivity contribution in [2.24, 2.45) is 0 Å². The van der Waals surface area contributed by atoms with Gasteiger partial charge in [0.1, 0.15) is 0 Å². The molecule has 0 radical (unpaired) electrons. The first kappa shape index (κ1) is 12.4. The van der Waals surface area contributed by atoms with E-state index in [-0.39, 0.29) is 5.91 Å². The van der Waals surface area contributed by atoms with Gasteiger partial charge in [0.05, 0.1) is 17.6 Å². The first-order valence-corrected chi connectivity index (χ1v) is 5.27. The summed E-state index contributed by atoms with van der Waals surface area (Å²) in [6.45, 7) is 2.44. The Morgan fingerprint density at radius 3 is 2.88 bits per heavy atom. The largest absolute Gasteiger partial charge is 0.325 e. The first-order chi connectivity index (χ1) is 7.72. The Morgan fingerprint density at radius 1 is 1.50 bits per heavy atom. The molecule has 0 aliphatic carbocycles. The highest BCUT2D eigenvalue weighted by Crippen LogP contribution is 2.07. The first-order valence-electron chi connectivity index (χ1n) is 5.27. The Labute approximate surface area is 95.8 Å². The van der Waals surface area contributed by atoms with Crippen LogP contribution >= 0.6 is 0 Å². The van der Waals surface area contributed by atoms with Crippen LogP contribution in [0.2, 0.25) is 0 Å². The van der Waals surface area contributed by atoms with Crippen LogP contribution < -0.4 is 10.6 Å². The Balaban J connectivity index is 2.50. The van der Waals surface area contributed by atoms with Gasteiger partial charge in [0, 0.05) is 6.92 Å². The van der Waals surface area contributed by atoms with E-state index in [1.807, 2.05) is 25.3 Å². The molecule has 0 fully saturated rings. The second-order valence-corrected chi connectivity index (χ2v) is 3.45. The average Bonchev–Trinajstić information content (AvgIpc) is 2.26. The van der Waals surface area contributed by atoms with Crippen LogP contribution in [0.4, 0.5) is 5.69 Å². The van der Waals surface area contributed by atoms with Crippen LogP contribution in [0, 0.1) is 0 Å². The molecule has 0 aromatic carbocycles. The third-order valence-electron chi connectivity index (χ3n) is 1.96. The number of anilines is 1. The summed E-state index contributed by atoms with van der Waals surface area (Å²) in [5.41, 5.74) is 1.62. The van der Waals surface area contributed by atoms with E-state index < -0.39 is 0 Å². The number of carbonyl (C=O) groups excluding carboxylic acids is 1. The quantitative estimate of drug-likeness (QED) is 0.740. The number of hydrogen-bond acceptors (Lipinski definition) is 3. The molecule has 0 unspecified atom stereocenters. The minimum absolute atomic E-state index is 0.0842. The molecule has 1 heterocycles. The monoisotopic (exact) mass is 219 g/mol. The molecule has 0 spiro atoms. The minimum atomic E-state index is -0.0842. The normalized spacial score (nSPS) is 10.6. The molecule has 0 aliphatic rings. The molecule has 2 N–H and O–H groups in total. The minimum Gasteiger partial charge on any atom is -0.325 e. The fourth-order valence-corrected chi connectivity index (χ4v) is 1.21. The maximum atomic E-state index is 10.8. The van der Waals surface area contributed by atoms with Gasteiger partial charge in [-0.3, -0.25) is 9.78 Å². The van der Waals surface area contributed by atoms with E-state index in [0.717, 1.165) is 24.3 Å². The summed E-state index contributed by atoms with van der Waals surface area (Å²) >= 11 is 0. The molecular formula is C12H17N3O. The van der Waals surface area contributed by atoms with Gasteiger partial charge in [0.15, 0.2) is 0 Å². The van der Waals surface area contributed by atoms with E-state index in [4.69, 9.17) is 0 Å². The summed E-state index contributed by atoms with van der Waals surface area (Å²) in [5.74, 6) is -0.0842. The molecule has 0 atom stereocenters. The molecule has 4 nitrogen and oxygen atoms in total. The van der Waals surface area contributed by atoms with Crippen LogP contribution in [0.1, 0.15) is 19.0 Å². The van der Waals surface area contributed by atoms with Crippen LogP contribution in [0.15, 0.2) is 24.4 Å². The van der Waals surface area contributed by atoms with E-state index in [1.165, 1.54) is 6.92 Å². The summed E-state index contributed by atoms with van der Waals surface area (Å²) in [4.78, 5) is 15.0. The molecule has 1 amide bonds. The van der Waals surface area contributed by atoms with E-state index >= 15 is 0 Å². The Kier molecular flexibility index (Phi) is 5.22. The van der Waals surface area contributed by atoms with E-state index in [1.54, 1.807) is 6.20 Å². The fourth-order valence-electron chi connectivity index (χ4n) is 1.21. The van der Waals surface area contributed by atoms with Gasteiger partial charge in [0.2, 0.25) is 5.91 Å². The highest BCUT2D eigenvalue weighted by atomic mass is 16.1.